The first-order chi connectivity index (χ1) is 11.9. The van der Waals surface area contributed by atoms with Gasteiger partial charge in [0, 0.05) is 18.3 Å². The number of nitrogens with one attached hydrogen (secondary N) is 2. The smallest absolute Gasteiger partial charge is 0.348 e. The molecule has 0 unspecified atom stereocenters. The minimum absolute atomic E-state index is 0.00263. The molecule has 2 N–H and O–H groups in total. The van der Waals surface area contributed by atoms with Crippen LogP contribution in [0.1, 0.15) is 11.1 Å². The van der Waals surface area contributed by atoms with E-state index < -0.39 is 18.0 Å². The Kier molecular flexibility index (Phi) is 5.94. The van der Waals surface area contributed by atoms with Crippen LogP contribution in [0.3, 0.4) is 0 Å². The molecule has 0 aliphatic heterocycles. The van der Waals surface area contributed by atoms with Crippen molar-refractivity contribution in [1.82, 2.24) is 5.32 Å². The van der Waals surface area contributed by atoms with Crippen LogP contribution in [0.5, 0.6) is 0 Å². The molecule has 25 heavy (non-hydrogen) atoms. The van der Waals surface area contributed by atoms with Crippen LogP contribution in [0, 0.1) is 0 Å². The molecule has 2 rings (SSSR count). The van der Waals surface area contributed by atoms with E-state index >= 15 is 0 Å². The lowest BCUT2D eigenvalue weighted by Gasteiger charge is -2.12. The lowest BCUT2D eigenvalue weighted by atomic mass is 10.1. The van der Waals surface area contributed by atoms with Crippen molar-refractivity contribution in [3.8, 4) is 0 Å². The van der Waals surface area contributed by atoms with Gasteiger partial charge in [-0.2, -0.15) is 13.2 Å². The Morgan fingerprint density at radius 3 is 2.28 bits per heavy atom. The average molecular weight is 348 g/mol. The van der Waals surface area contributed by atoms with Gasteiger partial charge in [-0.05, 0) is 23.3 Å². The highest BCUT2D eigenvalue weighted by Gasteiger charge is 2.38. The van der Waals surface area contributed by atoms with Gasteiger partial charge >= 0.3 is 12.1 Å². The number of anilines is 1. The minimum atomic E-state index is -4.98. The van der Waals surface area contributed by atoms with Gasteiger partial charge in [0.05, 0.1) is 0 Å². The molecule has 0 saturated heterocycles. The molecule has 2 amide bonds. The number of alkyl halides is 3. The third kappa shape index (κ3) is 5.80. The summed E-state index contributed by atoms with van der Waals surface area (Å²) in [6, 6.07) is 15.1. The Morgan fingerprint density at radius 2 is 1.60 bits per heavy atom. The normalized spacial score (nSPS) is 11.3. The summed E-state index contributed by atoms with van der Waals surface area (Å²) >= 11 is 0. The number of carbonyl (C=O) groups excluding carboxylic acids is 2. The predicted molar refractivity (Wildman–Crippen MR) is 88.4 cm³/mol. The summed E-state index contributed by atoms with van der Waals surface area (Å²) in [5, 5.41) is 4.36. The van der Waals surface area contributed by atoms with Crippen molar-refractivity contribution in [2.45, 2.75) is 12.7 Å². The maximum absolute atomic E-state index is 12.4. The molecule has 0 fully saturated rings. The Hall–Kier alpha value is -3.09. The van der Waals surface area contributed by atoms with Crippen molar-refractivity contribution < 1.29 is 22.8 Å². The van der Waals surface area contributed by atoms with Crippen LogP contribution in [0.4, 0.5) is 18.9 Å². The fourth-order valence-electron chi connectivity index (χ4n) is 1.97. The summed E-state index contributed by atoms with van der Waals surface area (Å²) in [5.41, 5.74) is 1.20. The van der Waals surface area contributed by atoms with E-state index in [0.29, 0.717) is 5.56 Å². The van der Waals surface area contributed by atoms with E-state index in [1.165, 1.54) is 24.3 Å². The van der Waals surface area contributed by atoms with Crippen LogP contribution >= 0.6 is 0 Å². The molecule has 2 aromatic rings. The zero-order valence-electron chi connectivity index (χ0n) is 13.0. The highest BCUT2D eigenvalue weighted by molar-refractivity contribution is 5.96. The van der Waals surface area contributed by atoms with Crippen molar-refractivity contribution >= 4 is 23.6 Å². The van der Waals surface area contributed by atoms with Gasteiger partial charge in [-0.15, -0.1) is 0 Å². The molecule has 7 heteroatoms. The number of para-hydroxylation sites is 1. The quantitative estimate of drug-likeness (QED) is 0.813. The van der Waals surface area contributed by atoms with Gasteiger partial charge in [0.2, 0.25) is 5.91 Å². The number of halogens is 3. The van der Waals surface area contributed by atoms with Gasteiger partial charge in [0.1, 0.15) is 0 Å². The molecule has 0 bridgehead atoms. The number of benzene rings is 2. The summed E-state index contributed by atoms with van der Waals surface area (Å²) in [7, 11) is 0. The van der Waals surface area contributed by atoms with E-state index in [1.807, 2.05) is 30.3 Å². The largest absolute Gasteiger partial charge is 0.471 e. The van der Waals surface area contributed by atoms with Crippen LogP contribution < -0.4 is 10.6 Å². The number of rotatable bonds is 5. The van der Waals surface area contributed by atoms with Crippen molar-refractivity contribution in [1.29, 1.82) is 0 Å². The topological polar surface area (TPSA) is 58.2 Å². The first-order valence-electron chi connectivity index (χ1n) is 7.33. The average Bonchev–Trinajstić information content (AvgIpc) is 2.59. The molecule has 0 aliphatic carbocycles. The second-order valence-corrected chi connectivity index (χ2v) is 5.07. The lowest BCUT2D eigenvalue weighted by Crippen LogP contribution is -2.30. The van der Waals surface area contributed by atoms with E-state index in [9.17, 15) is 22.8 Å². The second kappa shape index (κ2) is 8.14. The Morgan fingerprint density at radius 1 is 0.960 bits per heavy atom. The maximum Gasteiger partial charge on any atom is 0.471 e. The standard InChI is InChI=1S/C18H15F3N2O2/c19-18(20,21)17(25)23-15-9-5-4-8-14(15)12-22-16(24)11-10-13-6-2-1-3-7-13/h1-11H,12H2,(H,22,24)(H,23,25)/b11-10+. The zero-order valence-corrected chi connectivity index (χ0v) is 13.0. The number of hydrogen-bond acceptors (Lipinski definition) is 2. The molecule has 0 aliphatic rings. The predicted octanol–water partition coefficient (Wildman–Crippen LogP) is 3.52. The van der Waals surface area contributed by atoms with E-state index in [2.05, 4.69) is 5.32 Å². The van der Waals surface area contributed by atoms with E-state index in [4.69, 9.17) is 0 Å². The van der Waals surface area contributed by atoms with E-state index in [1.54, 1.807) is 17.5 Å². The molecule has 2 aromatic carbocycles. The Labute approximate surface area is 142 Å². The van der Waals surface area contributed by atoms with Gasteiger partial charge in [-0.3, -0.25) is 9.59 Å². The SMILES string of the molecule is O=C(/C=C/c1ccccc1)NCc1ccccc1NC(=O)C(F)(F)F. The van der Waals surface area contributed by atoms with Crippen molar-refractivity contribution in [2.24, 2.45) is 0 Å². The van der Waals surface area contributed by atoms with Crippen LogP contribution in [0.25, 0.3) is 6.08 Å². The minimum Gasteiger partial charge on any atom is -0.348 e. The second-order valence-electron chi connectivity index (χ2n) is 5.07. The lowest BCUT2D eigenvalue weighted by molar-refractivity contribution is -0.167. The summed E-state index contributed by atoms with van der Waals surface area (Å²) < 4.78 is 37.1. The van der Waals surface area contributed by atoms with Gasteiger partial charge in [0.15, 0.2) is 0 Å². The molecule has 0 radical (unpaired) electrons. The molecular weight excluding hydrogens is 333 g/mol. The highest BCUT2D eigenvalue weighted by atomic mass is 19.4. The van der Waals surface area contributed by atoms with Crippen LogP contribution in [0.15, 0.2) is 60.7 Å². The van der Waals surface area contributed by atoms with Crippen LogP contribution in [0.2, 0.25) is 0 Å². The number of carbonyl (C=O) groups is 2. The van der Waals surface area contributed by atoms with Crippen LogP contribution in [-0.4, -0.2) is 18.0 Å². The molecule has 4 nitrogen and oxygen atoms in total. The van der Waals surface area contributed by atoms with Gasteiger partial charge < -0.3 is 10.6 Å². The first-order valence-corrected chi connectivity index (χ1v) is 7.33. The fraction of sp³-hybridized carbons (Fsp3) is 0.111. The monoisotopic (exact) mass is 348 g/mol. The molecule has 0 saturated carbocycles. The number of amides is 2. The van der Waals surface area contributed by atoms with Crippen molar-refractivity contribution in [3.05, 3.63) is 71.8 Å². The molecule has 0 spiro atoms. The third-order valence-electron chi connectivity index (χ3n) is 3.20. The van der Waals surface area contributed by atoms with E-state index in [0.717, 1.165) is 5.56 Å². The van der Waals surface area contributed by atoms with Gasteiger partial charge in [-0.1, -0.05) is 48.5 Å². The summed E-state index contributed by atoms with van der Waals surface area (Å²) in [6.07, 6.45) is -2.03. The van der Waals surface area contributed by atoms with Crippen molar-refractivity contribution in [3.63, 3.8) is 0 Å². The Balaban J connectivity index is 1.98. The molecule has 0 aromatic heterocycles. The maximum atomic E-state index is 12.4. The van der Waals surface area contributed by atoms with Gasteiger partial charge in [0.25, 0.3) is 0 Å². The molecular formula is C18H15F3N2O2. The Bertz CT molecular complexity index is 771. The van der Waals surface area contributed by atoms with Crippen molar-refractivity contribution in [2.75, 3.05) is 5.32 Å². The summed E-state index contributed by atoms with van der Waals surface area (Å²) in [6.45, 7) is -0.0216. The molecule has 130 valence electrons. The summed E-state index contributed by atoms with van der Waals surface area (Å²) in [5.74, 6) is -2.46. The molecule has 0 atom stereocenters. The highest BCUT2D eigenvalue weighted by Crippen LogP contribution is 2.20. The van der Waals surface area contributed by atoms with Gasteiger partial charge in [-0.25, -0.2) is 0 Å². The number of hydrogen-bond donors (Lipinski definition) is 2. The molecule has 0 heterocycles. The summed E-state index contributed by atoms with van der Waals surface area (Å²) in [4.78, 5) is 22.9. The zero-order chi connectivity index (χ0) is 18.3. The fourth-order valence-corrected chi connectivity index (χ4v) is 1.97. The third-order valence-corrected chi connectivity index (χ3v) is 3.20. The van der Waals surface area contributed by atoms with Crippen LogP contribution in [-0.2, 0) is 16.1 Å². The first kappa shape index (κ1) is 18.3. The van der Waals surface area contributed by atoms with E-state index in [-0.39, 0.29) is 12.2 Å².